The second kappa shape index (κ2) is 7.09. The first-order chi connectivity index (χ1) is 9.67. The van der Waals surface area contributed by atoms with Crippen LogP contribution in [0.1, 0.15) is 50.3 Å². The highest BCUT2D eigenvalue weighted by Gasteiger charge is 2.28. The average molecular weight is 277 g/mol. The van der Waals surface area contributed by atoms with Crippen molar-refractivity contribution in [3.8, 4) is 5.75 Å². The minimum absolute atomic E-state index is 0.386. The minimum Gasteiger partial charge on any atom is -0.508 e. The molecule has 3 heteroatoms. The zero-order valence-corrected chi connectivity index (χ0v) is 12.9. The SMILES string of the molecule is CCC(C)N(CCOC)C1CCCc2cc(O)ccc21. The Bertz CT molecular complexity index is 433. The number of phenolic OH excluding ortho intramolecular Hbond substituents is 1. The molecule has 3 nitrogen and oxygen atoms in total. The van der Waals surface area contributed by atoms with Crippen molar-refractivity contribution in [2.75, 3.05) is 20.3 Å². The predicted octanol–water partition coefficient (Wildman–Crippen LogP) is 3.52. The van der Waals surface area contributed by atoms with Gasteiger partial charge in [0.05, 0.1) is 6.61 Å². The van der Waals surface area contributed by atoms with Gasteiger partial charge in [-0.05, 0) is 55.9 Å². The first-order valence-electron chi connectivity index (χ1n) is 7.73. The molecule has 0 heterocycles. The largest absolute Gasteiger partial charge is 0.508 e. The molecule has 2 unspecified atom stereocenters. The molecule has 112 valence electrons. The summed E-state index contributed by atoms with van der Waals surface area (Å²) in [5.41, 5.74) is 2.71. The Hall–Kier alpha value is -1.06. The van der Waals surface area contributed by atoms with Gasteiger partial charge in [-0.1, -0.05) is 13.0 Å². The maximum absolute atomic E-state index is 9.68. The van der Waals surface area contributed by atoms with E-state index in [1.807, 2.05) is 12.1 Å². The normalized spacial score (nSPS) is 19.9. The van der Waals surface area contributed by atoms with E-state index in [1.54, 1.807) is 7.11 Å². The van der Waals surface area contributed by atoms with Gasteiger partial charge in [0, 0.05) is 25.7 Å². The summed E-state index contributed by atoms with van der Waals surface area (Å²) < 4.78 is 5.28. The Balaban J connectivity index is 2.26. The number of aryl methyl sites for hydroxylation is 1. The second-order valence-corrected chi connectivity index (χ2v) is 5.78. The van der Waals surface area contributed by atoms with E-state index < -0.39 is 0 Å². The topological polar surface area (TPSA) is 32.7 Å². The van der Waals surface area contributed by atoms with Crippen molar-refractivity contribution in [1.29, 1.82) is 0 Å². The van der Waals surface area contributed by atoms with Gasteiger partial charge in [-0.2, -0.15) is 0 Å². The number of fused-ring (bicyclic) bond motifs is 1. The maximum atomic E-state index is 9.68. The van der Waals surface area contributed by atoms with Crippen LogP contribution >= 0.6 is 0 Å². The molecule has 2 rings (SSSR count). The Morgan fingerprint density at radius 3 is 2.95 bits per heavy atom. The molecular formula is C17H27NO2. The zero-order chi connectivity index (χ0) is 14.5. The molecule has 0 spiro atoms. The number of methoxy groups -OCH3 is 1. The van der Waals surface area contributed by atoms with E-state index >= 15 is 0 Å². The third-order valence-electron chi connectivity index (χ3n) is 4.52. The zero-order valence-electron chi connectivity index (χ0n) is 12.9. The van der Waals surface area contributed by atoms with Crippen LogP contribution in [0.5, 0.6) is 5.75 Å². The minimum atomic E-state index is 0.386. The molecule has 0 radical (unpaired) electrons. The second-order valence-electron chi connectivity index (χ2n) is 5.78. The third-order valence-corrected chi connectivity index (χ3v) is 4.52. The lowest BCUT2D eigenvalue weighted by atomic mass is 9.86. The highest BCUT2D eigenvalue weighted by atomic mass is 16.5. The fourth-order valence-electron chi connectivity index (χ4n) is 3.23. The number of aromatic hydroxyl groups is 1. The summed E-state index contributed by atoms with van der Waals surface area (Å²) in [4.78, 5) is 2.57. The smallest absolute Gasteiger partial charge is 0.115 e. The summed E-state index contributed by atoms with van der Waals surface area (Å²) in [7, 11) is 1.77. The highest BCUT2D eigenvalue weighted by molar-refractivity contribution is 5.38. The van der Waals surface area contributed by atoms with Crippen molar-refractivity contribution in [3.63, 3.8) is 0 Å². The number of phenols is 1. The molecule has 0 saturated heterocycles. The van der Waals surface area contributed by atoms with Gasteiger partial charge in [-0.3, -0.25) is 4.90 Å². The lowest BCUT2D eigenvalue weighted by Gasteiger charge is -2.39. The molecule has 1 aromatic rings. The van der Waals surface area contributed by atoms with Crippen molar-refractivity contribution < 1.29 is 9.84 Å². The van der Waals surface area contributed by atoms with Crippen molar-refractivity contribution in [2.45, 2.75) is 51.6 Å². The first-order valence-corrected chi connectivity index (χ1v) is 7.73. The Labute approximate surface area is 122 Å². The van der Waals surface area contributed by atoms with Crippen LogP contribution < -0.4 is 0 Å². The van der Waals surface area contributed by atoms with Gasteiger partial charge in [-0.15, -0.1) is 0 Å². The lowest BCUT2D eigenvalue weighted by molar-refractivity contribution is 0.0799. The van der Waals surface area contributed by atoms with Crippen molar-refractivity contribution in [1.82, 2.24) is 4.90 Å². The van der Waals surface area contributed by atoms with Crippen LogP contribution in [0.15, 0.2) is 18.2 Å². The molecule has 0 aromatic heterocycles. The van der Waals surface area contributed by atoms with E-state index in [1.165, 1.54) is 24.0 Å². The van der Waals surface area contributed by atoms with E-state index in [-0.39, 0.29) is 0 Å². The van der Waals surface area contributed by atoms with Crippen molar-refractivity contribution >= 4 is 0 Å². The van der Waals surface area contributed by atoms with E-state index in [2.05, 4.69) is 24.8 Å². The van der Waals surface area contributed by atoms with Gasteiger partial charge >= 0.3 is 0 Å². The molecule has 0 fully saturated rings. The highest BCUT2D eigenvalue weighted by Crippen LogP contribution is 2.37. The van der Waals surface area contributed by atoms with Gasteiger partial charge in [0.1, 0.15) is 5.75 Å². The lowest BCUT2D eigenvalue weighted by Crippen LogP contribution is -2.40. The summed E-state index contributed by atoms with van der Waals surface area (Å²) in [5, 5.41) is 9.68. The fraction of sp³-hybridized carbons (Fsp3) is 0.647. The molecule has 1 aliphatic rings. The number of nitrogens with zero attached hydrogens (tertiary/aromatic N) is 1. The summed E-state index contributed by atoms with van der Waals surface area (Å²) >= 11 is 0. The summed E-state index contributed by atoms with van der Waals surface area (Å²) in [6.45, 7) is 6.28. The van der Waals surface area contributed by atoms with Crippen LogP contribution in [0.4, 0.5) is 0 Å². The number of rotatable bonds is 6. The molecule has 1 aliphatic carbocycles. The fourth-order valence-corrected chi connectivity index (χ4v) is 3.23. The maximum Gasteiger partial charge on any atom is 0.115 e. The number of hydrogen-bond donors (Lipinski definition) is 1. The van der Waals surface area contributed by atoms with Crippen LogP contribution in [0.3, 0.4) is 0 Å². The van der Waals surface area contributed by atoms with Crippen LogP contribution in [-0.2, 0) is 11.2 Å². The van der Waals surface area contributed by atoms with Crippen LogP contribution in [-0.4, -0.2) is 36.3 Å². The van der Waals surface area contributed by atoms with E-state index in [0.717, 1.165) is 26.0 Å². The number of benzene rings is 1. The number of ether oxygens (including phenoxy) is 1. The monoisotopic (exact) mass is 277 g/mol. The summed E-state index contributed by atoms with van der Waals surface area (Å²) in [6.07, 6.45) is 4.62. The van der Waals surface area contributed by atoms with Gasteiger partial charge in [0.25, 0.3) is 0 Å². The molecular weight excluding hydrogens is 250 g/mol. The van der Waals surface area contributed by atoms with E-state index in [9.17, 15) is 5.11 Å². The molecule has 2 atom stereocenters. The van der Waals surface area contributed by atoms with Gasteiger partial charge < -0.3 is 9.84 Å². The average Bonchev–Trinajstić information content (AvgIpc) is 2.47. The van der Waals surface area contributed by atoms with Crippen molar-refractivity contribution in [3.05, 3.63) is 29.3 Å². The molecule has 1 aromatic carbocycles. The van der Waals surface area contributed by atoms with E-state index in [0.29, 0.717) is 17.8 Å². The molecule has 0 bridgehead atoms. The summed E-state index contributed by atoms with van der Waals surface area (Å²) in [5.74, 6) is 0.386. The first kappa shape index (κ1) is 15.3. The van der Waals surface area contributed by atoms with Gasteiger partial charge in [0.2, 0.25) is 0 Å². The van der Waals surface area contributed by atoms with Gasteiger partial charge in [-0.25, -0.2) is 0 Å². The molecule has 0 saturated carbocycles. The molecule has 20 heavy (non-hydrogen) atoms. The van der Waals surface area contributed by atoms with Crippen LogP contribution in [0.25, 0.3) is 0 Å². The van der Waals surface area contributed by atoms with Crippen LogP contribution in [0, 0.1) is 0 Å². The van der Waals surface area contributed by atoms with Crippen molar-refractivity contribution in [2.24, 2.45) is 0 Å². The quantitative estimate of drug-likeness (QED) is 0.863. The van der Waals surface area contributed by atoms with E-state index in [4.69, 9.17) is 4.74 Å². The Kier molecular flexibility index (Phi) is 5.44. The Morgan fingerprint density at radius 2 is 2.25 bits per heavy atom. The van der Waals surface area contributed by atoms with Gasteiger partial charge in [0.15, 0.2) is 0 Å². The Morgan fingerprint density at radius 1 is 1.45 bits per heavy atom. The molecule has 0 aliphatic heterocycles. The molecule has 1 N–H and O–H groups in total. The molecule has 0 amide bonds. The predicted molar refractivity (Wildman–Crippen MR) is 82.1 cm³/mol. The van der Waals surface area contributed by atoms with Crippen LogP contribution in [0.2, 0.25) is 0 Å². The summed E-state index contributed by atoms with van der Waals surface area (Å²) in [6, 6.07) is 6.88. The third kappa shape index (κ3) is 3.33. The number of hydrogen-bond acceptors (Lipinski definition) is 3. The standard InChI is InChI=1S/C17H27NO2/c1-4-13(2)18(10-11-20-3)17-7-5-6-14-12-15(19)8-9-16(14)17/h8-9,12-13,17,19H,4-7,10-11H2,1-3H3.